The van der Waals surface area contributed by atoms with E-state index in [-0.39, 0.29) is 0 Å². The molecule has 0 amide bonds. The molecule has 1 aliphatic rings. The predicted octanol–water partition coefficient (Wildman–Crippen LogP) is 3.64. The molecule has 0 radical (unpaired) electrons. The van der Waals surface area contributed by atoms with Crippen LogP contribution >= 0.6 is 15.9 Å². The van der Waals surface area contributed by atoms with Gasteiger partial charge in [-0.2, -0.15) is 0 Å². The van der Waals surface area contributed by atoms with E-state index in [0.717, 1.165) is 10.4 Å². The highest BCUT2D eigenvalue weighted by molar-refractivity contribution is 9.10. The highest BCUT2D eigenvalue weighted by Gasteiger charge is 2.29. The molecule has 1 aromatic heterocycles. The number of anilines is 1. The van der Waals surface area contributed by atoms with Gasteiger partial charge in [-0.15, -0.1) is 0 Å². The highest BCUT2D eigenvalue weighted by atomic mass is 79.9. The van der Waals surface area contributed by atoms with E-state index in [2.05, 4.69) is 51.7 Å². The summed E-state index contributed by atoms with van der Waals surface area (Å²) in [6.07, 6.45) is 6.72. The van der Waals surface area contributed by atoms with Gasteiger partial charge < -0.3 is 4.90 Å². The lowest BCUT2D eigenvalue weighted by Gasteiger charge is -2.39. The summed E-state index contributed by atoms with van der Waals surface area (Å²) in [4.78, 5) is 10.7. The Kier molecular flexibility index (Phi) is 3.71. The van der Waals surface area contributed by atoms with Crippen molar-refractivity contribution in [1.82, 2.24) is 9.97 Å². The zero-order valence-corrected chi connectivity index (χ0v) is 12.4. The van der Waals surface area contributed by atoms with Crippen molar-refractivity contribution < 1.29 is 0 Å². The third kappa shape index (κ3) is 3.18. The minimum absolute atomic E-state index is 0.517. The summed E-state index contributed by atoms with van der Waals surface area (Å²) < 4.78 is 0.852. The summed E-state index contributed by atoms with van der Waals surface area (Å²) in [5.74, 6) is 1.01. The van der Waals surface area contributed by atoms with Crippen molar-refractivity contribution >= 4 is 21.7 Å². The van der Waals surface area contributed by atoms with Crippen molar-refractivity contribution in [2.75, 3.05) is 11.9 Å². The monoisotopic (exact) mass is 297 g/mol. The van der Waals surface area contributed by atoms with Crippen molar-refractivity contribution in [3.8, 4) is 0 Å². The van der Waals surface area contributed by atoms with Crippen molar-refractivity contribution in [2.24, 2.45) is 5.41 Å². The van der Waals surface area contributed by atoms with E-state index < -0.39 is 0 Å². The molecule has 0 bridgehead atoms. The third-order valence-electron chi connectivity index (χ3n) is 3.84. The summed E-state index contributed by atoms with van der Waals surface area (Å²) in [6, 6.07) is 2.60. The summed E-state index contributed by atoms with van der Waals surface area (Å²) in [5, 5.41) is 0. The van der Waals surface area contributed by atoms with Gasteiger partial charge in [-0.25, -0.2) is 9.97 Å². The molecule has 1 aliphatic carbocycles. The second-order valence-electron chi connectivity index (χ2n) is 5.71. The fourth-order valence-corrected chi connectivity index (χ4v) is 2.77. The maximum Gasteiger partial charge on any atom is 0.133 e. The fourth-order valence-electron chi connectivity index (χ4n) is 2.48. The number of nitrogens with zero attached hydrogens (tertiary/aromatic N) is 3. The lowest BCUT2D eigenvalue weighted by atomic mass is 9.75. The first kappa shape index (κ1) is 12.8. The van der Waals surface area contributed by atoms with Crippen LogP contribution in [0.1, 0.15) is 39.5 Å². The minimum Gasteiger partial charge on any atom is -0.357 e. The SMILES string of the molecule is CN(c1cc(Br)ncn1)C1CCC(C)(C)CC1. The van der Waals surface area contributed by atoms with Crippen molar-refractivity contribution in [1.29, 1.82) is 0 Å². The van der Waals surface area contributed by atoms with Gasteiger partial charge in [0, 0.05) is 19.2 Å². The van der Waals surface area contributed by atoms with Gasteiger partial charge in [0.2, 0.25) is 0 Å². The molecule has 0 unspecified atom stereocenters. The molecular formula is C13H20BrN3. The molecule has 17 heavy (non-hydrogen) atoms. The second-order valence-corrected chi connectivity index (χ2v) is 6.52. The summed E-state index contributed by atoms with van der Waals surface area (Å²) in [6.45, 7) is 4.73. The Morgan fingerprint density at radius 3 is 2.53 bits per heavy atom. The van der Waals surface area contributed by atoms with E-state index in [1.165, 1.54) is 25.7 Å². The van der Waals surface area contributed by atoms with Gasteiger partial charge >= 0.3 is 0 Å². The van der Waals surface area contributed by atoms with E-state index in [0.29, 0.717) is 11.5 Å². The molecule has 1 saturated carbocycles. The summed E-state index contributed by atoms with van der Waals surface area (Å²) in [5.41, 5.74) is 0.517. The topological polar surface area (TPSA) is 29.0 Å². The van der Waals surface area contributed by atoms with Gasteiger partial charge in [-0.1, -0.05) is 13.8 Å². The Hall–Kier alpha value is -0.640. The van der Waals surface area contributed by atoms with Gasteiger partial charge in [-0.05, 0) is 47.0 Å². The Bertz CT molecular complexity index is 382. The van der Waals surface area contributed by atoms with Crippen LogP contribution in [0.15, 0.2) is 17.0 Å². The van der Waals surface area contributed by atoms with Gasteiger partial charge in [0.25, 0.3) is 0 Å². The first-order chi connectivity index (χ1) is 7.98. The maximum absolute atomic E-state index is 4.34. The minimum atomic E-state index is 0.517. The lowest BCUT2D eigenvalue weighted by Crippen LogP contribution is -2.37. The quantitative estimate of drug-likeness (QED) is 0.781. The molecule has 1 aromatic rings. The van der Waals surface area contributed by atoms with Crippen LogP contribution in [-0.4, -0.2) is 23.1 Å². The first-order valence-corrected chi connectivity index (χ1v) is 6.98. The van der Waals surface area contributed by atoms with Gasteiger partial charge in [0.05, 0.1) is 0 Å². The third-order valence-corrected chi connectivity index (χ3v) is 4.27. The van der Waals surface area contributed by atoms with E-state index in [4.69, 9.17) is 0 Å². The van der Waals surface area contributed by atoms with Gasteiger partial charge in [-0.3, -0.25) is 0 Å². The van der Waals surface area contributed by atoms with Crippen LogP contribution in [-0.2, 0) is 0 Å². The van der Waals surface area contributed by atoms with E-state index in [9.17, 15) is 0 Å². The number of hydrogen-bond donors (Lipinski definition) is 0. The number of hydrogen-bond acceptors (Lipinski definition) is 3. The van der Waals surface area contributed by atoms with E-state index >= 15 is 0 Å². The van der Waals surface area contributed by atoms with Crippen LogP contribution in [0.5, 0.6) is 0 Å². The number of rotatable bonds is 2. The molecule has 1 heterocycles. The summed E-state index contributed by atoms with van der Waals surface area (Å²) >= 11 is 3.39. The molecule has 94 valence electrons. The van der Waals surface area contributed by atoms with Crippen LogP contribution in [0.25, 0.3) is 0 Å². The molecule has 0 aliphatic heterocycles. The molecular weight excluding hydrogens is 278 g/mol. The van der Waals surface area contributed by atoms with Gasteiger partial charge in [0.15, 0.2) is 0 Å². The maximum atomic E-state index is 4.34. The van der Waals surface area contributed by atoms with Crippen LogP contribution in [0.2, 0.25) is 0 Å². The Morgan fingerprint density at radius 1 is 1.29 bits per heavy atom. The highest BCUT2D eigenvalue weighted by Crippen LogP contribution is 2.37. The average Bonchev–Trinajstić information content (AvgIpc) is 2.28. The van der Waals surface area contributed by atoms with Crippen LogP contribution < -0.4 is 4.90 Å². The van der Waals surface area contributed by atoms with E-state index in [1.807, 2.05) is 6.07 Å². The molecule has 0 aromatic carbocycles. The Balaban J connectivity index is 2.04. The lowest BCUT2D eigenvalue weighted by molar-refractivity contribution is 0.222. The molecule has 1 fully saturated rings. The molecule has 0 atom stereocenters. The van der Waals surface area contributed by atoms with Gasteiger partial charge in [0.1, 0.15) is 16.7 Å². The van der Waals surface area contributed by atoms with Crippen molar-refractivity contribution in [3.05, 3.63) is 17.0 Å². The largest absolute Gasteiger partial charge is 0.357 e. The summed E-state index contributed by atoms with van der Waals surface area (Å²) in [7, 11) is 2.14. The molecule has 0 spiro atoms. The van der Waals surface area contributed by atoms with Crippen molar-refractivity contribution in [3.63, 3.8) is 0 Å². The van der Waals surface area contributed by atoms with Crippen LogP contribution in [0, 0.1) is 5.41 Å². The Labute approximate surface area is 112 Å². The molecule has 0 N–H and O–H groups in total. The number of halogens is 1. The smallest absolute Gasteiger partial charge is 0.133 e. The zero-order chi connectivity index (χ0) is 12.5. The fraction of sp³-hybridized carbons (Fsp3) is 0.692. The van der Waals surface area contributed by atoms with Crippen molar-refractivity contribution in [2.45, 2.75) is 45.6 Å². The average molecular weight is 298 g/mol. The molecule has 2 rings (SSSR count). The standard InChI is InChI=1S/C13H20BrN3/c1-13(2)6-4-10(5-7-13)17(3)12-8-11(14)15-9-16-12/h8-10H,4-7H2,1-3H3. The second kappa shape index (κ2) is 4.92. The number of aromatic nitrogens is 2. The molecule has 3 nitrogen and oxygen atoms in total. The van der Waals surface area contributed by atoms with Crippen LogP contribution in [0.3, 0.4) is 0 Å². The normalized spacial score (nSPS) is 20.2. The Morgan fingerprint density at radius 2 is 1.94 bits per heavy atom. The zero-order valence-electron chi connectivity index (χ0n) is 10.8. The predicted molar refractivity (Wildman–Crippen MR) is 74.2 cm³/mol. The van der Waals surface area contributed by atoms with Crippen LogP contribution in [0.4, 0.5) is 5.82 Å². The molecule has 4 heteroatoms. The first-order valence-electron chi connectivity index (χ1n) is 6.18. The molecule has 0 saturated heterocycles. The van der Waals surface area contributed by atoms with E-state index in [1.54, 1.807) is 6.33 Å².